The number of esters is 2. The normalized spacial score (nSPS) is 19.3. The van der Waals surface area contributed by atoms with Crippen molar-refractivity contribution in [1.29, 1.82) is 0 Å². The number of allylic oxidation sites excluding steroid dienone is 1. The second-order valence-electron chi connectivity index (χ2n) is 5.46. The van der Waals surface area contributed by atoms with E-state index in [1.165, 1.54) is 24.3 Å². The first-order valence-corrected chi connectivity index (χ1v) is 7.56. The molecule has 3 rings (SSSR count). The maximum atomic E-state index is 13.6. The molecule has 1 aromatic rings. The van der Waals surface area contributed by atoms with Crippen molar-refractivity contribution in [2.24, 2.45) is 0 Å². The lowest BCUT2D eigenvalue weighted by atomic mass is 9.80. The summed E-state index contributed by atoms with van der Waals surface area (Å²) in [5.41, 5.74) is 0.0933. The standard InChI is InChI=1S/C17H14F3NO5/c1-24-15(22)13-9(6-18)21-10-7-25-16(23)14(10)12(13)8-4-2-3-5-11(8)26-17(19)20/h2-5,12,17,21H,6-7H2,1H3/t12-/m0/s1. The molecule has 9 heteroatoms. The van der Waals surface area contributed by atoms with E-state index in [-0.39, 0.29) is 40.5 Å². The van der Waals surface area contributed by atoms with Crippen LogP contribution in [-0.4, -0.2) is 38.9 Å². The molecule has 2 aliphatic rings. The lowest BCUT2D eigenvalue weighted by Crippen LogP contribution is -2.32. The number of alkyl halides is 3. The van der Waals surface area contributed by atoms with Gasteiger partial charge in [0.1, 0.15) is 19.0 Å². The van der Waals surface area contributed by atoms with Crippen LogP contribution in [0.4, 0.5) is 13.2 Å². The van der Waals surface area contributed by atoms with E-state index in [0.717, 1.165) is 7.11 Å². The lowest BCUT2D eigenvalue weighted by molar-refractivity contribution is -0.136. The summed E-state index contributed by atoms with van der Waals surface area (Å²) in [4.78, 5) is 24.5. The number of methoxy groups -OCH3 is 1. The van der Waals surface area contributed by atoms with Crippen LogP contribution in [0.3, 0.4) is 0 Å². The van der Waals surface area contributed by atoms with Crippen LogP contribution in [0.25, 0.3) is 0 Å². The third kappa shape index (κ3) is 3.00. The van der Waals surface area contributed by atoms with Gasteiger partial charge in [-0.05, 0) is 6.07 Å². The molecule has 2 heterocycles. The van der Waals surface area contributed by atoms with Gasteiger partial charge in [-0.15, -0.1) is 0 Å². The number of para-hydroxylation sites is 1. The van der Waals surface area contributed by atoms with Crippen molar-refractivity contribution in [3.8, 4) is 5.75 Å². The fourth-order valence-corrected chi connectivity index (χ4v) is 3.07. The summed E-state index contributed by atoms with van der Waals surface area (Å²) in [6.45, 7) is -4.31. The molecule has 0 aromatic heterocycles. The molecule has 0 saturated carbocycles. The van der Waals surface area contributed by atoms with E-state index in [1.54, 1.807) is 0 Å². The zero-order chi connectivity index (χ0) is 18.8. The van der Waals surface area contributed by atoms with Crippen molar-refractivity contribution in [3.63, 3.8) is 0 Å². The largest absolute Gasteiger partial charge is 0.466 e. The van der Waals surface area contributed by atoms with Gasteiger partial charge in [0.25, 0.3) is 0 Å². The van der Waals surface area contributed by atoms with Crippen LogP contribution in [0.2, 0.25) is 0 Å². The average molecular weight is 369 g/mol. The number of carbonyl (C=O) groups is 2. The lowest BCUT2D eigenvalue weighted by Gasteiger charge is -2.28. The molecule has 0 unspecified atom stereocenters. The van der Waals surface area contributed by atoms with E-state index in [2.05, 4.69) is 10.1 Å². The van der Waals surface area contributed by atoms with Gasteiger partial charge in [0.2, 0.25) is 0 Å². The van der Waals surface area contributed by atoms with Crippen molar-refractivity contribution in [2.45, 2.75) is 12.5 Å². The number of halogens is 3. The smallest absolute Gasteiger partial charge is 0.387 e. The van der Waals surface area contributed by atoms with E-state index in [4.69, 9.17) is 9.47 Å². The number of ether oxygens (including phenoxy) is 3. The van der Waals surface area contributed by atoms with E-state index in [0.29, 0.717) is 0 Å². The van der Waals surface area contributed by atoms with Crippen LogP contribution in [0, 0.1) is 0 Å². The highest BCUT2D eigenvalue weighted by Gasteiger charge is 2.43. The minimum atomic E-state index is -3.12. The first-order chi connectivity index (χ1) is 12.5. The number of dihydropyridines is 1. The SMILES string of the molecule is COC(=O)C1=C(CF)NC2=C(C(=O)OC2)[C@H]1c1ccccc1OC(F)F. The van der Waals surface area contributed by atoms with Crippen LogP contribution in [0.1, 0.15) is 11.5 Å². The summed E-state index contributed by atoms with van der Waals surface area (Å²) < 4.78 is 53.3. The highest BCUT2D eigenvalue weighted by molar-refractivity contribution is 6.01. The number of carbonyl (C=O) groups excluding carboxylic acids is 2. The van der Waals surface area contributed by atoms with Crippen molar-refractivity contribution >= 4 is 11.9 Å². The topological polar surface area (TPSA) is 73.9 Å². The molecule has 138 valence electrons. The van der Waals surface area contributed by atoms with Gasteiger partial charge in [-0.25, -0.2) is 14.0 Å². The minimum absolute atomic E-state index is 0.0351. The maximum Gasteiger partial charge on any atom is 0.387 e. The molecule has 6 nitrogen and oxygen atoms in total. The molecule has 1 aromatic carbocycles. The van der Waals surface area contributed by atoms with Gasteiger partial charge in [-0.2, -0.15) is 8.78 Å². The van der Waals surface area contributed by atoms with Gasteiger partial charge >= 0.3 is 18.6 Å². The molecule has 0 spiro atoms. The third-order valence-corrected chi connectivity index (χ3v) is 4.08. The molecule has 2 aliphatic heterocycles. The number of hydrogen-bond donors (Lipinski definition) is 1. The predicted molar refractivity (Wildman–Crippen MR) is 82.0 cm³/mol. The molecule has 0 fully saturated rings. The Kier molecular flexibility index (Phi) is 4.88. The molecule has 0 amide bonds. The van der Waals surface area contributed by atoms with E-state index < -0.39 is 31.1 Å². The second-order valence-corrected chi connectivity index (χ2v) is 5.46. The van der Waals surface area contributed by atoms with Gasteiger partial charge in [-0.1, -0.05) is 18.2 Å². The van der Waals surface area contributed by atoms with Gasteiger partial charge in [0, 0.05) is 5.56 Å². The van der Waals surface area contributed by atoms with Gasteiger partial charge in [0.05, 0.1) is 35.6 Å². The number of cyclic esters (lactones) is 1. The van der Waals surface area contributed by atoms with Gasteiger partial charge < -0.3 is 19.5 Å². The Bertz CT molecular complexity index is 818. The summed E-state index contributed by atoms with van der Waals surface area (Å²) in [5, 5.41) is 2.67. The zero-order valence-electron chi connectivity index (χ0n) is 13.6. The zero-order valence-corrected chi connectivity index (χ0v) is 13.6. The van der Waals surface area contributed by atoms with Gasteiger partial charge in [-0.3, -0.25) is 0 Å². The molecular formula is C17H14F3NO5. The number of hydrogen-bond acceptors (Lipinski definition) is 6. The van der Waals surface area contributed by atoms with Crippen LogP contribution in [0.5, 0.6) is 5.75 Å². The highest BCUT2D eigenvalue weighted by atomic mass is 19.3. The Morgan fingerprint density at radius 2 is 2.12 bits per heavy atom. The van der Waals surface area contributed by atoms with Crippen molar-refractivity contribution in [2.75, 3.05) is 20.4 Å². The Morgan fingerprint density at radius 3 is 2.77 bits per heavy atom. The summed E-state index contributed by atoms with van der Waals surface area (Å²) in [5.74, 6) is -3.02. The Morgan fingerprint density at radius 1 is 1.38 bits per heavy atom. The Hall–Kier alpha value is -2.97. The van der Waals surface area contributed by atoms with E-state index >= 15 is 0 Å². The fourth-order valence-electron chi connectivity index (χ4n) is 3.07. The average Bonchev–Trinajstić information content (AvgIpc) is 3.00. The summed E-state index contributed by atoms with van der Waals surface area (Å²) in [7, 11) is 1.10. The van der Waals surface area contributed by atoms with Gasteiger partial charge in [0.15, 0.2) is 0 Å². The van der Waals surface area contributed by atoms with Crippen LogP contribution >= 0.6 is 0 Å². The Labute approximate surface area is 146 Å². The minimum Gasteiger partial charge on any atom is -0.466 e. The quantitative estimate of drug-likeness (QED) is 0.802. The summed E-state index contributed by atoms with van der Waals surface area (Å²) in [6, 6.07) is 5.68. The number of rotatable bonds is 5. The maximum absolute atomic E-state index is 13.6. The highest BCUT2D eigenvalue weighted by Crippen LogP contribution is 2.44. The molecule has 0 bridgehead atoms. The monoisotopic (exact) mass is 369 g/mol. The molecule has 1 N–H and O–H groups in total. The fraction of sp³-hybridized carbons (Fsp3) is 0.294. The number of nitrogens with one attached hydrogen (secondary N) is 1. The molecule has 0 radical (unpaired) electrons. The van der Waals surface area contributed by atoms with Crippen molar-refractivity contribution < 1.29 is 37.0 Å². The van der Waals surface area contributed by atoms with Crippen LogP contribution < -0.4 is 10.1 Å². The van der Waals surface area contributed by atoms with E-state index in [1.807, 2.05) is 0 Å². The van der Waals surface area contributed by atoms with Crippen LogP contribution in [0.15, 0.2) is 46.8 Å². The molecule has 26 heavy (non-hydrogen) atoms. The first-order valence-electron chi connectivity index (χ1n) is 7.56. The predicted octanol–water partition coefficient (Wildman–Crippen LogP) is 2.18. The van der Waals surface area contributed by atoms with Crippen molar-refractivity contribution in [3.05, 3.63) is 52.4 Å². The molecule has 0 aliphatic carbocycles. The van der Waals surface area contributed by atoms with Crippen molar-refractivity contribution in [1.82, 2.24) is 5.32 Å². The van der Waals surface area contributed by atoms with Crippen LogP contribution in [-0.2, 0) is 19.1 Å². The number of benzene rings is 1. The molecular weight excluding hydrogens is 355 g/mol. The first kappa shape index (κ1) is 17.8. The second kappa shape index (κ2) is 7.11. The Balaban J connectivity index is 2.22. The molecule has 0 saturated heterocycles. The third-order valence-electron chi connectivity index (χ3n) is 4.08. The molecule has 1 atom stereocenters. The van der Waals surface area contributed by atoms with E-state index in [9.17, 15) is 22.8 Å². The summed E-state index contributed by atoms with van der Waals surface area (Å²) in [6.07, 6.45) is 0. The summed E-state index contributed by atoms with van der Waals surface area (Å²) >= 11 is 0.